The summed E-state index contributed by atoms with van der Waals surface area (Å²) < 4.78 is 14.7. The summed E-state index contributed by atoms with van der Waals surface area (Å²) >= 11 is 10.9. The van der Waals surface area contributed by atoms with E-state index in [-0.39, 0.29) is 22.9 Å². The van der Waals surface area contributed by atoms with Gasteiger partial charge in [0.15, 0.2) is 0 Å². The number of likely N-dealkylation sites (N-methyl/N-ethyl adjacent to an activating group) is 1. The number of nitrogens with zero attached hydrogens (tertiary/aromatic N) is 1. The Labute approximate surface area is 134 Å². The molecular formula is C14H12BrClFNOS. The molecule has 0 atom stereocenters. The summed E-state index contributed by atoms with van der Waals surface area (Å²) in [6, 6.07) is 6.39. The molecule has 20 heavy (non-hydrogen) atoms. The molecule has 1 amide bonds. The molecule has 0 unspecified atom stereocenters. The molecule has 0 spiro atoms. The van der Waals surface area contributed by atoms with Crippen molar-refractivity contribution in [2.24, 2.45) is 0 Å². The van der Waals surface area contributed by atoms with Crippen molar-refractivity contribution in [1.29, 1.82) is 0 Å². The van der Waals surface area contributed by atoms with E-state index in [1.54, 1.807) is 29.4 Å². The molecule has 1 aromatic heterocycles. The van der Waals surface area contributed by atoms with Crippen LogP contribution < -0.4 is 0 Å². The number of carbonyl (C=O) groups excluding carboxylic acids is 1. The summed E-state index contributed by atoms with van der Waals surface area (Å²) in [6.07, 6.45) is -0.0344. The average molecular weight is 377 g/mol. The van der Waals surface area contributed by atoms with Crippen molar-refractivity contribution in [2.45, 2.75) is 13.0 Å². The molecule has 1 aromatic carbocycles. The number of carbonyl (C=O) groups is 1. The first-order chi connectivity index (χ1) is 9.47. The van der Waals surface area contributed by atoms with Crippen molar-refractivity contribution in [3.63, 3.8) is 0 Å². The van der Waals surface area contributed by atoms with E-state index in [1.165, 1.54) is 12.1 Å². The number of hydrogen-bond acceptors (Lipinski definition) is 2. The van der Waals surface area contributed by atoms with E-state index in [0.717, 1.165) is 9.35 Å². The van der Waals surface area contributed by atoms with Crippen LogP contribution in [0.5, 0.6) is 0 Å². The summed E-state index contributed by atoms with van der Waals surface area (Å²) in [5, 5.41) is 2.26. The lowest BCUT2D eigenvalue weighted by atomic mass is 10.1. The summed E-state index contributed by atoms with van der Waals surface area (Å²) in [5.74, 6) is -0.614. The Morgan fingerprint density at radius 2 is 2.25 bits per heavy atom. The normalized spacial score (nSPS) is 10.6. The Morgan fingerprint density at radius 3 is 2.85 bits per heavy atom. The van der Waals surface area contributed by atoms with Crippen LogP contribution in [-0.4, -0.2) is 17.9 Å². The predicted molar refractivity (Wildman–Crippen MR) is 83.6 cm³/mol. The largest absolute Gasteiger partial charge is 0.341 e. The molecule has 6 heteroatoms. The van der Waals surface area contributed by atoms with Gasteiger partial charge in [-0.15, -0.1) is 11.3 Å². The highest BCUT2D eigenvalue weighted by atomic mass is 79.9. The van der Waals surface area contributed by atoms with E-state index in [2.05, 4.69) is 15.9 Å². The maximum Gasteiger partial charge on any atom is 0.227 e. The number of amides is 1. The van der Waals surface area contributed by atoms with Crippen molar-refractivity contribution in [3.8, 4) is 0 Å². The van der Waals surface area contributed by atoms with Crippen LogP contribution in [0.4, 0.5) is 4.39 Å². The number of rotatable bonds is 4. The molecule has 0 saturated carbocycles. The van der Waals surface area contributed by atoms with Crippen molar-refractivity contribution in [1.82, 2.24) is 4.90 Å². The van der Waals surface area contributed by atoms with E-state index in [1.807, 2.05) is 11.4 Å². The van der Waals surface area contributed by atoms with Crippen LogP contribution in [0.2, 0.25) is 5.02 Å². The van der Waals surface area contributed by atoms with Gasteiger partial charge in [-0.1, -0.05) is 17.7 Å². The number of benzene rings is 1. The molecule has 0 aliphatic carbocycles. The van der Waals surface area contributed by atoms with Crippen molar-refractivity contribution < 1.29 is 9.18 Å². The van der Waals surface area contributed by atoms with E-state index in [0.29, 0.717) is 6.54 Å². The SMILES string of the molecule is CN(Cc1csc(Br)c1)C(=O)Cc1c(F)cccc1Cl. The van der Waals surface area contributed by atoms with Gasteiger partial charge < -0.3 is 4.90 Å². The van der Waals surface area contributed by atoms with Gasteiger partial charge in [-0.05, 0) is 45.1 Å². The van der Waals surface area contributed by atoms with E-state index in [9.17, 15) is 9.18 Å². The Morgan fingerprint density at radius 1 is 1.50 bits per heavy atom. The molecule has 1 heterocycles. The van der Waals surface area contributed by atoms with Crippen LogP contribution in [0.25, 0.3) is 0 Å². The van der Waals surface area contributed by atoms with Crippen LogP contribution in [0.1, 0.15) is 11.1 Å². The molecule has 0 saturated heterocycles. The highest BCUT2D eigenvalue weighted by Gasteiger charge is 2.15. The van der Waals surface area contributed by atoms with Gasteiger partial charge in [0.2, 0.25) is 5.91 Å². The fourth-order valence-corrected chi connectivity index (χ4v) is 3.21. The maximum atomic E-state index is 13.6. The van der Waals surface area contributed by atoms with E-state index in [4.69, 9.17) is 11.6 Å². The van der Waals surface area contributed by atoms with Crippen molar-refractivity contribution in [2.75, 3.05) is 7.05 Å². The summed E-state index contributed by atoms with van der Waals surface area (Å²) in [6.45, 7) is 0.493. The molecule has 2 aromatic rings. The lowest BCUT2D eigenvalue weighted by Gasteiger charge is -2.17. The van der Waals surface area contributed by atoms with Gasteiger partial charge in [0.05, 0.1) is 10.2 Å². The second-order valence-electron chi connectivity index (χ2n) is 4.39. The molecule has 2 rings (SSSR count). The zero-order chi connectivity index (χ0) is 14.7. The van der Waals surface area contributed by atoms with Crippen LogP contribution in [-0.2, 0) is 17.8 Å². The van der Waals surface area contributed by atoms with Crippen LogP contribution >= 0.6 is 38.9 Å². The fourth-order valence-electron chi connectivity index (χ4n) is 1.78. The second kappa shape index (κ2) is 6.70. The fraction of sp³-hybridized carbons (Fsp3) is 0.214. The minimum atomic E-state index is -0.447. The standard InChI is InChI=1S/C14H12BrClFNOS/c1-18(7-9-5-13(15)20-8-9)14(19)6-10-11(16)3-2-4-12(10)17/h2-5,8H,6-7H2,1H3. The first-order valence-electron chi connectivity index (χ1n) is 5.87. The summed E-state index contributed by atoms with van der Waals surface area (Å²) in [7, 11) is 1.70. The third kappa shape index (κ3) is 3.81. The quantitative estimate of drug-likeness (QED) is 0.769. The lowest BCUT2D eigenvalue weighted by molar-refractivity contribution is -0.129. The molecule has 0 N–H and O–H groups in total. The Kier molecular flexibility index (Phi) is 5.18. The minimum absolute atomic E-state index is 0.0344. The van der Waals surface area contributed by atoms with Gasteiger partial charge in [-0.3, -0.25) is 4.79 Å². The van der Waals surface area contributed by atoms with Crippen molar-refractivity contribution in [3.05, 3.63) is 55.4 Å². The van der Waals surface area contributed by atoms with Gasteiger partial charge in [0.1, 0.15) is 5.82 Å². The minimum Gasteiger partial charge on any atom is -0.341 e. The Bertz CT molecular complexity index is 611. The maximum absolute atomic E-state index is 13.6. The number of thiophene rings is 1. The zero-order valence-electron chi connectivity index (χ0n) is 10.7. The van der Waals surface area contributed by atoms with Gasteiger partial charge >= 0.3 is 0 Å². The molecule has 0 aliphatic rings. The smallest absolute Gasteiger partial charge is 0.227 e. The summed E-state index contributed by atoms with van der Waals surface area (Å²) in [4.78, 5) is 13.7. The van der Waals surface area contributed by atoms with Crippen LogP contribution in [0, 0.1) is 5.82 Å². The third-order valence-corrected chi connectivity index (χ3v) is 4.76. The monoisotopic (exact) mass is 375 g/mol. The molecule has 0 aliphatic heterocycles. The van der Waals surface area contributed by atoms with E-state index < -0.39 is 5.82 Å². The molecular weight excluding hydrogens is 365 g/mol. The van der Waals surface area contributed by atoms with Gasteiger partial charge in [-0.25, -0.2) is 4.39 Å². The average Bonchev–Trinajstić information content (AvgIpc) is 2.79. The highest BCUT2D eigenvalue weighted by Crippen LogP contribution is 2.23. The molecule has 2 nitrogen and oxygen atoms in total. The van der Waals surface area contributed by atoms with Crippen molar-refractivity contribution >= 4 is 44.8 Å². The van der Waals surface area contributed by atoms with Crippen LogP contribution in [0.3, 0.4) is 0 Å². The number of halogens is 3. The predicted octanol–water partition coefficient (Wildman–Crippen LogP) is 4.50. The topological polar surface area (TPSA) is 20.3 Å². The first-order valence-corrected chi connectivity index (χ1v) is 7.92. The highest BCUT2D eigenvalue weighted by molar-refractivity contribution is 9.11. The third-order valence-electron chi connectivity index (χ3n) is 2.86. The van der Waals surface area contributed by atoms with Gasteiger partial charge in [0.25, 0.3) is 0 Å². The Hall–Kier alpha value is -0.910. The van der Waals surface area contributed by atoms with Gasteiger partial charge in [0, 0.05) is 24.2 Å². The lowest BCUT2D eigenvalue weighted by Crippen LogP contribution is -2.27. The Balaban J connectivity index is 2.04. The summed E-state index contributed by atoms with van der Waals surface area (Å²) in [5.41, 5.74) is 1.29. The van der Waals surface area contributed by atoms with E-state index >= 15 is 0 Å². The van der Waals surface area contributed by atoms with Crippen LogP contribution in [0.15, 0.2) is 33.4 Å². The second-order valence-corrected chi connectivity index (χ2v) is 7.08. The molecule has 106 valence electrons. The molecule has 0 bridgehead atoms. The first kappa shape index (κ1) is 15.5. The number of hydrogen-bond donors (Lipinski definition) is 0. The van der Waals surface area contributed by atoms with Gasteiger partial charge in [-0.2, -0.15) is 0 Å². The molecule has 0 fully saturated rings. The molecule has 0 radical (unpaired) electrons. The zero-order valence-corrected chi connectivity index (χ0v) is 13.9.